The maximum atomic E-state index is 5.83. The van der Waals surface area contributed by atoms with Gasteiger partial charge in [0.1, 0.15) is 25.4 Å². The molecule has 3 aromatic heterocycles. The number of rotatable bonds is 9. The van der Waals surface area contributed by atoms with Crippen LogP contribution in [0.5, 0.6) is 23.3 Å². The topological polar surface area (TPSA) is 101 Å². The summed E-state index contributed by atoms with van der Waals surface area (Å²) in [5, 5.41) is 3.53. The van der Waals surface area contributed by atoms with Gasteiger partial charge in [-0.15, -0.1) is 0 Å². The first-order chi connectivity index (χ1) is 15.7. The Bertz CT molecular complexity index is 1070. The van der Waals surface area contributed by atoms with Gasteiger partial charge in [0.2, 0.25) is 0 Å². The smallest absolute Gasteiger partial charge is 0.257 e. The maximum absolute atomic E-state index is 5.83. The van der Waals surface area contributed by atoms with Gasteiger partial charge >= 0.3 is 0 Å². The van der Waals surface area contributed by atoms with Crippen LogP contribution in [0.4, 0.5) is 5.82 Å². The van der Waals surface area contributed by atoms with Gasteiger partial charge < -0.3 is 24.3 Å². The summed E-state index contributed by atoms with van der Waals surface area (Å²) in [5.41, 5.74) is 2.59. The molecule has 0 radical (unpaired) electrons. The Morgan fingerprint density at radius 2 is 2.03 bits per heavy atom. The average Bonchev–Trinajstić information content (AvgIpc) is 2.85. The molecule has 0 aromatic carbocycles. The Kier molecular flexibility index (Phi) is 7.10. The summed E-state index contributed by atoms with van der Waals surface area (Å²) in [6.45, 7) is 4.09. The quantitative estimate of drug-likeness (QED) is 0.515. The molecule has 4 heterocycles. The van der Waals surface area contributed by atoms with E-state index in [0.29, 0.717) is 49.7 Å². The average molecular weight is 456 g/mol. The fraction of sp³-hybridized carbons (Fsp3) is 0.364. The fourth-order valence-corrected chi connectivity index (χ4v) is 4.01. The van der Waals surface area contributed by atoms with Crippen LogP contribution in [0.2, 0.25) is 0 Å². The molecule has 0 saturated heterocycles. The van der Waals surface area contributed by atoms with E-state index < -0.39 is 0 Å². The van der Waals surface area contributed by atoms with Crippen LogP contribution >= 0.6 is 11.8 Å². The maximum Gasteiger partial charge on any atom is 0.257 e. The number of thioether (sulfide) groups is 1. The Labute approximate surface area is 190 Å². The van der Waals surface area contributed by atoms with Gasteiger partial charge in [-0.2, -0.15) is 11.8 Å². The summed E-state index contributed by atoms with van der Waals surface area (Å²) < 4.78 is 22.3. The molecule has 1 aliphatic heterocycles. The molecular formula is C22H25N5O4S. The predicted molar refractivity (Wildman–Crippen MR) is 123 cm³/mol. The molecule has 0 aliphatic carbocycles. The van der Waals surface area contributed by atoms with Crippen molar-refractivity contribution in [2.24, 2.45) is 0 Å². The van der Waals surface area contributed by atoms with E-state index >= 15 is 0 Å². The third-order valence-corrected chi connectivity index (χ3v) is 5.84. The molecule has 0 spiro atoms. The molecule has 1 atom stereocenters. The van der Waals surface area contributed by atoms with E-state index in [1.165, 1.54) is 6.33 Å². The van der Waals surface area contributed by atoms with Crippen molar-refractivity contribution in [3.63, 3.8) is 0 Å². The minimum Gasteiger partial charge on any atom is -0.491 e. The predicted octanol–water partition coefficient (Wildman–Crippen LogP) is 3.63. The highest BCUT2D eigenvalue weighted by atomic mass is 32.2. The van der Waals surface area contributed by atoms with Gasteiger partial charge in [-0.25, -0.2) is 19.9 Å². The number of anilines is 1. The highest BCUT2D eigenvalue weighted by molar-refractivity contribution is 7.98. The number of methoxy groups -OCH3 is 1. The van der Waals surface area contributed by atoms with E-state index in [2.05, 4.69) is 31.5 Å². The van der Waals surface area contributed by atoms with Crippen LogP contribution in [0.15, 0.2) is 36.9 Å². The van der Waals surface area contributed by atoms with Crippen LogP contribution in [0.1, 0.15) is 17.7 Å². The number of fused-ring (bicyclic) bond motifs is 1. The second-order valence-corrected chi connectivity index (χ2v) is 7.83. The largest absolute Gasteiger partial charge is 0.491 e. The van der Waals surface area contributed by atoms with E-state index in [-0.39, 0.29) is 5.25 Å². The van der Waals surface area contributed by atoms with Crippen LogP contribution in [0, 0.1) is 0 Å². The summed E-state index contributed by atoms with van der Waals surface area (Å²) in [7, 11) is 1.59. The van der Waals surface area contributed by atoms with Crippen molar-refractivity contribution in [1.29, 1.82) is 0 Å². The van der Waals surface area contributed by atoms with Crippen LogP contribution in [-0.4, -0.2) is 59.7 Å². The Balaban J connectivity index is 1.51. The summed E-state index contributed by atoms with van der Waals surface area (Å²) in [5.74, 6) is 3.00. The Hall–Kier alpha value is -3.27. The van der Waals surface area contributed by atoms with Gasteiger partial charge in [0.05, 0.1) is 24.7 Å². The summed E-state index contributed by atoms with van der Waals surface area (Å²) >= 11 is 1.72. The van der Waals surface area contributed by atoms with Crippen molar-refractivity contribution in [1.82, 2.24) is 19.9 Å². The highest BCUT2D eigenvalue weighted by Crippen LogP contribution is 2.39. The zero-order valence-corrected chi connectivity index (χ0v) is 19.0. The normalized spacial score (nSPS) is 13.3. The monoisotopic (exact) mass is 455 g/mol. The van der Waals surface area contributed by atoms with Crippen LogP contribution in [-0.2, 0) is 0 Å². The third kappa shape index (κ3) is 4.80. The van der Waals surface area contributed by atoms with E-state index in [1.807, 2.05) is 25.1 Å². The van der Waals surface area contributed by atoms with Crippen LogP contribution in [0.3, 0.4) is 0 Å². The molecule has 3 aromatic rings. The molecule has 0 bridgehead atoms. The summed E-state index contributed by atoms with van der Waals surface area (Å²) in [4.78, 5) is 17.4. The first kappa shape index (κ1) is 21.9. The molecule has 0 amide bonds. The van der Waals surface area contributed by atoms with Gasteiger partial charge in [-0.05, 0) is 25.3 Å². The van der Waals surface area contributed by atoms with Crippen molar-refractivity contribution >= 4 is 17.6 Å². The molecule has 1 unspecified atom stereocenters. The Morgan fingerprint density at radius 1 is 1.16 bits per heavy atom. The van der Waals surface area contributed by atoms with Crippen molar-refractivity contribution in [2.75, 3.05) is 45.0 Å². The molecule has 32 heavy (non-hydrogen) atoms. The number of hydrogen-bond donors (Lipinski definition) is 1. The number of ether oxygens (including phenoxy) is 4. The molecule has 4 rings (SSSR count). The molecule has 168 valence electrons. The van der Waals surface area contributed by atoms with Crippen molar-refractivity contribution < 1.29 is 18.9 Å². The zero-order chi connectivity index (χ0) is 22.3. The van der Waals surface area contributed by atoms with Gasteiger partial charge in [-0.1, -0.05) is 0 Å². The van der Waals surface area contributed by atoms with E-state index in [9.17, 15) is 0 Å². The standard InChI is InChI=1S/C22H25N5O4S/c1-4-29-21-17(28-2)9-14(11-25-21)16-10-19(27-13-26-16)24-12-18(32-3)15-5-6-23-22-20(15)30-7-8-31-22/h5-6,9-11,13,18H,4,7-8,12H2,1-3H3,(H,24,26,27). The first-order valence-corrected chi connectivity index (χ1v) is 11.5. The fourth-order valence-electron chi connectivity index (χ4n) is 3.32. The minimum atomic E-state index is 0.124. The Morgan fingerprint density at radius 3 is 2.84 bits per heavy atom. The van der Waals surface area contributed by atoms with E-state index in [1.54, 1.807) is 31.3 Å². The summed E-state index contributed by atoms with van der Waals surface area (Å²) in [6.07, 6.45) is 7.05. The number of aromatic nitrogens is 4. The van der Waals surface area contributed by atoms with Crippen molar-refractivity contribution in [3.05, 3.63) is 42.5 Å². The number of pyridine rings is 2. The van der Waals surface area contributed by atoms with Gasteiger partial charge in [0.15, 0.2) is 11.5 Å². The molecule has 0 fully saturated rings. The molecule has 1 N–H and O–H groups in total. The van der Waals surface area contributed by atoms with Crippen LogP contribution in [0.25, 0.3) is 11.3 Å². The third-order valence-electron chi connectivity index (χ3n) is 4.85. The lowest BCUT2D eigenvalue weighted by Gasteiger charge is -2.23. The molecule has 10 heteroatoms. The number of hydrogen-bond acceptors (Lipinski definition) is 10. The molecule has 9 nitrogen and oxygen atoms in total. The van der Waals surface area contributed by atoms with Crippen molar-refractivity contribution in [2.45, 2.75) is 12.2 Å². The van der Waals surface area contributed by atoms with E-state index in [4.69, 9.17) is 18.9 Å². The molecule has 0 saturated carbocycles. The van der Waals surface area contributed by atoms with Gasteiger partial charge in [0.25, 0.3) is 11.8 Å². The second-order valence-electron chi connectivity index (χ2n) is 6.79. The molecular weight excluding hydrogens is 430 g/mol. The van der Waals surface area contributed by atoms with E-state index in [0.717, 1.165) is 22.6 Å². The zero-order valence-electron chi connectivity index (χ0n) is 18.2. The van der Waals surface area contributed by atoms with Gasteiger partial charge in [-0.3, -0.25) is 0 Å². The SMILES string of the molecule is CCOc1ncc(-c2cc(NCC(SC)c3ccnc4c3OCCO4)ncn2)cc1OC. The number of nitrogens with zero attached hydrogens (tertiary/aromatic N) is 4. The number of nitrogens with one attached hydrogen (secondary N) is 1. The second kappa shape index (κ2) is 10.4. The van der Waals surface area contributed by atoms with Crippen LogP contribution < -0.4 is 24.3 Å². The van der Waals surface area contributed by atoms with Crippen molar-refractivity contribution in [3.8, 4) is 34.5 Å². The lowest BCUT2D eigenvalue weighted by atomic mass is 10.1. The molecule has 1 aliphatic rings. The lowest BCUT2D eigenvalue weighted by molar-refractivity contribution is 0.163. The minimum absolute atomic E-state index is 0.124. The highest BCUT2D eigenvalue weighted by Gasteiger charge is 2.23. The first-order valence-electron chi connectivity index (χ1n) is 10.2. The van der Waals surface area contributed by atoms with Gasteiger partial charge in [0, 0.05) is 36.1 Å². The lowest BCUT2D eigenvalue weighted by Crippen LogP contribution is -2.19. The summed E-state index contributed by atoms with van der Waals surface area (Å²) in [6, 6.07) is 5.71.